The molecule has 1 fully saturated rings. The van der Waals surface area contributed by atoms with Crippen LogP contribution in [0.4, 0.5) is 0 Å². The van der Waals surface area contributed by atoms with Gasteiger partial charge in [0.05, 0.1) is 30.2 Å². The summed E-state index contributed by atoms with van der Waals surface area (Å²) in [5.41, 5.74) is 1.62. The molecule has 1 unspecified atom stereocenters. The molecule has 6 nitrogen and oxygen atoms in total. The van der Waals surface area contributed by atoms with Gasteiger partial charge in [-0.3, -0.25) is 14.5 Å². The molecule has 3 aromatic rings. The zero-order valence-corrected chi connectivity index (χ0v) is 17.9. The number of nitrogens with zero attached hydrogens (tertiary/aromatic N) is 2. The van der Waals surface area contributed by atoms with Crippen LogP contribution >= 0.6 is 15.9 Å². The molecule has 1 atom stereocenters. The maximum atomic E-state index is 13.5. The first-order valence-electron chi connectivity index (χ1n) is 10.1. The lowest BCUT2D eigenvalue weighted by Gasteiger charge is -2.31. The highest BCUT2D eigenvalue weighted by molar-refractivity contribution is 9.10. The summed E-state index contributed by atoms with van der Waals surface area (Å²) < 4.78 is 12.2. The lowest BCUT2D eigenvalue weighted by Crippen LogP contribution is -2.42. The second-order valence-corrected chi connectivity index (χ2v) is 8.50. The first-order valence-corrected chi connectivity index (χ1v) is 10.8. The number of halogens is 1. The third-order valence-corrected chi connectivity index (χ3v) is 6.30. The molecule has 0 spiro atoms. The van der Waals surface area contributed by atoms with Gasteiger partial charge in [0.2, 0.25) is 5.76 Å². The zero-order valence-electron chi connectivity index (χ0n) is 16.3. The molecular weight excluding hydrogens is 448 g/mol. The van der Waals surface area contributed by atoms with E-state index < -0.39 is 6.04 Å². The lowest BCUT2D eigenvalue weighted by molar-refractivity contribution is 0.0314. The van der Waals surface area contributed by atoms with Gasteiger partial charge >= 0.3 is 0 Å². The third kappa shape index (κ3) is 3.37. The van der Waals surface area contributed by atoms with Crippen LogP contribution in [-0.2, 0) is 4.74 Å². The van der Waals surface area contributed by atoms with Gasteiger partial charge in [0.15, 0.2) is 5.43 Å². The number of carbonyl (C=O) groups is 1. The van der Waals surface area contributed by atoms with Gasteiger partial charge in [-0.1, -0.05) is 46.3 Å². The largest absolute Gasteiger partial charge is 0.450 e. The normalized spacial score (nSPS) is 19.4. The highest BCUT2D eigenvalue weighted by Crippen LogP contribution is 2.38. The molecule has 0 saturated carbocycles. The third-order valence-electron chi connectivity index (χ3n) is 5.80. The molecule has 1 amide bonds. The Morgan fingerprint density at radius 3 is 2.53 bits per heavy atom. The van der Waals surface area contributed by atoms with Gasteiger partial charge in [-0.15, -0.1) is 0 Å². The second kappa shape index (κ2) is 7.98. The number of fused-ring (bicyclic) bond motifs is 2. The molecule has 30 heavy (non-hydrogen) atoms. The summed E-state index contributed by atoms with van der Waals surface area (Å²) in [5.74, 6) is -0.0697. The second-order valence-electron chi connectivity index (χ2n) is 7.58. The summed E-state index contributed by atoms with van der Waals surface area (Å²) in [7, 11) is 0. The van der Waals surface area contributed by atoms with Gasteiger partial charge in [0.1, 0.15) is 5.58 Å². The highest BCUT2D eigenvalue weighted by atomic mass is 79.9. The quantitative estimate of drug-likeness (QED) is 0.586. The van der Waals surface area contributed by atoms with E-state index in [1.165, 1.54) is 0 Å². The maximum absolute atomic E-state index is 13.5. The van der Waals surface area contributed by atoms with Crippen molar-refractivity contribution in [2.45, 2.75) is 6.04 Å². The van der Waals surface area contributed by atoms with E-state index in [4.69, 9.17) is 9.15 Å². The van der Waals surface area contributed by atoms with Crippen molar-refractivity contribution in [3.8, 4) is 0 Å². The minimum atomic E-state index is -0.450. The topological polar surface area (TPSA) is 63.0 Å². The predicted molar refractivity (Wildman–Crippen MR) is 117 cm³/mol. The summed E-state index contributed by atoms with van der Waals surface area (Å²) in [5, 5.41) is 0.479. The van der Waals surface area contributed by atoms with Crippen LogP contribution in [0.15, 0.2) is 62.2 Å². The minimum Gasteiger partial charge on any atom is -0.450 e. The van der Waals surface area contributed by atoms with Gasteiger partial charge in [-0.2, -0.15) is 0 Å². The Bertz CT molecular complexity index is 1160. The summed E-state index contributed by atoms with van der Waals surface area (Å²) >= 11 is 3.43. The molecule has 2 aliphatic heterocycles. The Kier molecular flexibility index (Phi) is 5.18. The molecule has 1 aromatic heterocycles. The Hall–Kier alpha value is -2.48. The van der Waals surface area contributed by atoms with Gasteiger partial charge < -0.3 is 14.1 Å². The Morgan fingerprint density at radius 1 is 1.00 bits per heavy atom. The Morgan fingerprint density at radius 2 is 1.77 bits per heavy atom. The SMILES string of the molecule is O=C1c2oc3ccc(Br)cc3c(=O)c2C(c2ccccc2)N1CCN1CCOCC1. The standard InChI is InChI=1S/C23H21BrN2O4/c24-16-6-7-18-17(14-16)21(27)19-20(15-4-2-1-3-5-15)26(23(28)22(19)30-18)9-8-25-10-12-29-13-11-25/h1-7,14,20H,8-13H2. The average Bonchev–Trinajstić information content (AvgIpc) is 3.06. The van der Waals surface area contributed by atoms with E-state index in [1.807, 2.05) is 36.4 Å². The molecule has 0 bridgehead atoms. The molecule has 154 valence electrons. The van der Waals surface area contributed by atoms with Crippen molar-refractivity contribution in [1.82, 2.24) is 9.80 Å². The number of rotatable bonds is 4. The Balaban J connectivity index is 1.60. The molecule has 7 heteroatoms. The van der Waals surface area contributed by atoms with Crippen molar-refractivity contribution in [3.63, 3.8) is 0 Å². The van der Waals surface area contributed by atoms with Crippen LogP contribution in [0.2, 0.25) is 0 Å². The van der Waals surface area contributed by atoms with Crippen LogP contribution in [0.25, 0.3) is 11.0 Å². The van der Waals surface area contributed by atoms with Gasteiger partial charge in [-0.05, 0) is 23.8 Å². The van der Waals surface area contributed by atoms with E-state index in [9.17, 15) is 9.59 Å². The summed E-state index contributed by atoms with van der Waals surface area (Å²) in [6, 6.07) is 14.5. The van der Waals surface area contributed by atoms with Crippen molar-refractivity contribution < 1.29 is 13.9 Å². The molecule has 2 aliphatic rings. The van der Waals surface area contributed by atoms with Crippen LogP contribution in [-0.4, -0.2) is 55.1 Å². The number of hydrogen-bond acceptors (Lipinski definition) is 5. The minimum absolute atomic E-state index is 0.149. The number of benzene rings is 2. The van der Waals surface area contributed by atoms with Crippen LogP contribution in [0.3, 0.4) is 0 Å². The zero-order chi connectivity index (χ0) is 20.7. The van der Waals surface area contributed by atoms with Crippen molar-refractivity contribution in [2.24, 2.45) is 0 Å². The molecule has 1 saturated heterocycles. The van der Waals surface area contributed by atoms with E-state index >= 15 is 0 Å². The summed E-state index contributed by atoms with van der Waals surface area (Å²) in [4.78, 5) is 30.9. The van der Waals surface area contributed by atoms with Gasteiger partial charge in [-0.25, -0.2) is 0 Å². The first-order chi connectivity index (χ1) is 14.6. The number of morpholine rings is 1. The fraction of sp³-hybridized carbons (Fsp3) is 0.304. The number of ether oxygens (including phenoxy) is 1. The van der Waals surface area contributed by atoms with E-state index in [0.29, 0.717) is 36.3 Å². The smallest absolute Gasteiger partial charge is 0.290 e. The van der Waals surface area contributed by atoms with Crippen molar-refractivity contribution >= 4 is 32.8 Å². The summed E-state index contributed by atoms with van der Waals surface area (Å²) in [6.45, 7) is 4.35. The average molecular weight is 469 g/mol. The van der Waals surface area contributed by atoms with Crippen LogP contribution in [0.5, 0.6) is 0 Å². The molecule has 3 heterocycles. The molecular formula is C23H21BrN2O4. The molecule has 2 aromatic carbocycles. The molecule has 5 rings (SSSR count). The fourth-order valence-electron chi connectivity index (χ4n) is 4.28. The number of amides is 1. The summed E-state index contributed by atoms with van der Waals surface area (Å²) in [6.07, 6.45) is 0. The van der Waals surface area contributed by atoms with Crippen molar-refractivity contribution in [3.05, 3.63) is 80.1 Å². The molecule has 0 N–H and O–H groups in total. The predicted octanol–water partition coefficient (Wildman–Crippen LogP) is 3.43. The van der Waals surface area contributed by atoms with Crippen LogP contribution in [0, 0.1) is 0 Å². The van der Waals surface area contributed by atoms with Gasteiger partial charge in [0.25, 0.3) is 5.91 Å². The van der Waals surface area contributed by atoms with Crippen LogP contribution < -0.4 is 5.43 Å². The molecule has 0 aliphatic carbocycles. The monoisotopic (exact) mass is 468 g/mol. The fourth-order valence-corrected chi connectivity index (χ4v) is 4.64. The number of carbonyl (C=O) groups excluding carboxylic acids is 1. The van der Waals surface area contributed by atoms with Crippen molar-refractivity contribution in [2.75, 3.05) is 39.4 Å². The Labute approximate surface area is 182 Å². The van der Waals surface area contributed by atoms with Crippen molar-refractivity contribution in [1.29, 1.82) is 0 Å². The van der Waals surface area contributed by atoms with Crippen LogP contribution in [0.1, 0.15) is 27.7 Å². The van der Waals surface area contributed by atoms with E-state index in [1.54, 1.807) is 17.0 Å². The maximum Gasteiger partial charge on any atom is 0.290 e. The van der Waals surface area contributed by atoms with Gasteiger partial charge in [0, 0.05) is 30.7 Å². The highest BCUT2D eigenvalue weighted by Gasteiger charge is 2.42. The van der Waals surface area contributed by atoms with E-state index in [2.05, 4.69) is 20.8 Å². The first kappa shape index (κ1) is 19.5. The molecule has 0 radical (unpaired) electrons. The van der Waals surface area contributed by atoms with E-state index in [-0.39, 0.29) is 17.1 Å². The van der Waals surface area contributed by atoms with E-state index in [0.717, 1.165) is 29.7 Å². The number of hydrogen-bond donors (Lipinski definition) is 0. The lowest BCUT2D eigenvalue weighted by atomic mass is 9.98.